The first kappa shape index (κ1) is 15.6. The van der Waals surface area contributed by atoms with Crippen molar-refractivity contribution in [1.82, 2.24) is 9.71 Å². The maximum absolute atomic E-state index is 12.2. The molecule has 0 amide bonds. The van der Waals surface area contributed by atoms with E-state index in [4.69, 9.17) is 5.73 Å². The van der Waals surface area contributed by atoms with Crippen molar-refractivity contribution < 1.29 is 8.42 Å². The van der Waals surface area contributed by atoms with Crippen LogP contribution in [0.3, 0.4) is 0 Å². The molecule has 0 saturated heterocycles. The van der Waals surface area contributed by atoms with Gasteiger partial charge >= 0.3 is 0 Å². The van der Waals surface area contributed by atoms with Gasteiger partial charge in [-0.05, 0) is 34.8 Å². The zero-order valence-corrected chi connectivity index (χ0v) is 13.0. The molecule has 0 spiro atoms. The molecule has 102 valence electrons. The first-order valence-corrected chi connectivity index (χ1v) is 7.83. The average molecular weight is 336 g/mol. The van der Waals surface area contributed by atoms with Crippen molar-refractivity contribution >= 4 is 26.0 Å². The van der Waals surface area contributed by atoms with Gasteiger partial charge in [-0.2, -0.15) is 0 Å². The second-order valence-corrected chi connectivity index (χ2v) is 7.32. The van der Waals surface area contributed by atoms with Crippen molar-refractivity contribution in [3.8, 4) is 0 Å². The van der Waals surface area contributed by atoms with Gasteiger partial charge < -0.3 is 5.73 Å². The SMILES string of the molecule is CC(C)C(C)(CN)NS(=O)(=O)c1cncc(Br)c1. The largest absolute Gasteiger partial charge is 0.329 e. The smallest absolute Gasteiger partial charge is 0.242 e. The number of aromatic nitrogens is 1. The van der Waals surface area contributed by atoms with Crippen LogP contribution in [0.5, 0.6) is 0 Å². The predicted octanol–water partition coefficient (Wildman–Crippen LogP) is 1.50. The summed E-state index contributed by atoms with van der Waals surface area (Å²) in [5.41, 5.74) is 4.99. The Morgan fingerprint density at radius 2 is 2.11 bits per heavy atom. The van der Waals surface area contributed by atoms with E-state index in [-0.39, 0.29) is 17.4 Å². The number of nitrogens with zero attached hydrogens (tertiary/aromatic N) is 1. The molecule has 1 unspecified atom stereocenters. The number of sulfonamides is 1. The van der Waals surface area contributed by atoms with Gasteiger partial charge in [-0.15, -0.1) is 0 Å². The Bertz CT molecular complexity index is 519. The van der Waals surface area contributed by atoms with E-state index < -0.39 is 15.6 Å². The van der Waals surface area contributed by atoms with Gasteiger partial charge in [0, 0.05) is 29.0 Å². The normalized spacial score (nSPS) is 15.7. The van der Waals surface area contributed by atoms with Crippen molar-refractivity contribution in [3.63, 3.8) is 0 Å². The van der Waals surface area contributed by atoms with Crippen LogP contribution in [-0.2, 0) is 10.0 Å². The molecule has 0 bridgehead atoms. The van der Waals surface area contributed by atoms with E-state index >= 15 is 0 Å². The number of halogens is 1. The highest BCUT2D eigenvalue weighted by molar-refractivity contribution is 9.10. The van der Waals surface area contributed by atoms with Crippen LogP contribution in [0, 0.1) is 5.92 Å². The molecule has 0 radical (unpaired) electrons. The lowest BCUT2D eigenvalue weighted by atomic mass is 9.90. The highest BCUT2D eigenvalue weighted by Crippen LogP contribution is 2.20. The molecule has 3 N–H and O–H groups in total. The maximum Gasteiger partial charge on any atom is 0.242 e. The summed E-state index contributed by atoms with van der Waals surface area (Å²) in [6.07, 6.45) is 2.84. The van der Waals surface area contributed by atoms with Gasteiger partial charge in [-0.1, -0.05) is 13.8 Å². The zero-order valence-electron chi connectivity index (χ0n) is 10.6. The average Bonchev–Trinajstić information content (AvgIpc) is 2.28. The Labute approximate surface area is 116 Å². The molecule has 0 aromatic carbocycles. The highest BCUT2D eigenvalue weighted by atomic mass is 79.9. The first-order valence-electron chi connectivity index (χ1n) is 5.56. The van der Waals surface area contributed by atoms with Gasteiger partial charge in [0.25, 0.3) is 0 Å². The molecule has 1 atom stereocenters. The summed E-state index contributed by atoms with van der Waals surface area (Å²) in [7, 11) is -3.62. The summed E-state index contributed by atoms with van der Waals surface area (Å²) in [6, 6.07) is 1.51. The van der Waals surface area contributed by atoms with Gasteiger partial charge in [0.05, 0.1) is 0 Å². The summed E-state index contributed by atoms with van der Waals surface area (Å²) >= 11 is 3.20. The predicted molar refractivity (Wildman–Crippen MR) is 74.6 cm³/mol. The molecule has 1 aromatic heterocycles. The third kappa shape index (κ3) is 3.50. The fraction of sp³-hybridized carbons (Fsp3) is 0.545. The van der Waals surface area contributed by atoms with Gasteiger partial charge in [-0.25, -0.2) is 13.1 Å². The summed E-state index contributed by atoms with van der Waals surface area (Å²) in [4.78, 5) is 3.98. The molecule has 1 heterocycles. The van der Waals surface area contributed by atoms with E-state index in [9.17, 15) is 8.42 Å². The maximum atomic E-state index is 12.2. The van der Waals surface area contributed by atoms with Crippen molar-refractivity contribution in [1.29, 1.82) is 0 Å². The Morgan fingerprint density at radius 3 is 2.56 bits per heavy atom. The van der Waals surface area contributed by atoms with Gasteiger partial charge in [-0.3, -0.25) is 4.98 Å². The van der Waals surface area contributed by atoms with Crippen molar-refractivity contribution in [3.05, 3.63) is 22.9 Å². The lowest BCUT2D eigenvalue weighted by Crippen LogP contribution is -2.54. The Kier molecular flexibility index (Phi) is 4.88. The van der Waals surface area contributed by atoms with Crippen LogP contribution in [0.15, 0.2) is 27.8 Å². The number of pyridine rings is 1. The second-order valence-electron chi connectivity index (χ2n) is 4.72. The van der Waals surface area contributed by atoms with Gasteiger partial charge in [0.2, 0.25) is 10.0 Å². The Hall–Kier alpha value is -0.500. The molecule has 0 aliphatic carbocycles. The van der Waals surface area contributed by atoms with Crippen molar-refractivity contribution in [2.75, 3.05) is 6.54 Å². The number of nitrogens with two attached hydrogens (primary N) is 1. The molecule has 18 heavy (non-hydrogen) atoms. The third-order valence-electron chi connectivity index (χ3n) is 3.06. The van der Waals surface area contributed by atoms with Crippen LogP contribution < -0.4 is 10.5 Å². The first-order chi connectivity index (χ1) is 8.21. The monoisotopic (exact) mass is 335 g/mol. The minimum absolute atomic E-state index is 0.0809. The Morgan fingerprint density at radius 1 is 1.50 bits per heavy atom. The lowest BCUT2D eigenvalue weighted by molar-refractivity contribution is 0.315. The fourth-order valence-electron chi connectivity index (χ4n) is 1.30. The van der Waals surface area contributed by atoms with Crippen LogP contribution in [0.2, 0.25) is 0 Å². The van der Waals surface area contributed by atoms with E-state index in [1.165, 1.54) is 18.5 Å². The number of hydrogen-bond donors (Lipinski definition) is 2. The minimum atomic E-state index is -3.62. The molecule has 0 fully saturated rings. The fourth-order valence-corrected chi connectivity index (χ4v) is 3.35. The van der Waals surface area contributed by atoms with Gasteiger partial charge in [0.1, 0.15) is 4.90 Å². The van der Waals surface area contributed by atoms with E-state index in [0.717, 1.165) is 0 Å². The molecular formula is C11H18BrN3O2S. The Balaban J connectivity index is 3.09. The molecule has 0 aliphatic rings. The third-order valence-corrected chi connectivity index (χ3v) is 5.07. The zero-order chi connectivity index (χ0) is 14.0. The van der Waals surface area contributed by atoms with Gasteiger partial charge in [0.15, 0.2) is 0 Å². The van der Waals surface area contributed by atoms with Crippen molar-refractivity contribution in [2.45, 2.75) is 31.2 Å². The quantitative estimate of drug-likeness (QED) is 0.853. The van der Waals surface area contributed by atoms with E-state index in [2.05, 4.69) is 25.6 Å². The second kappa shape index (κ2) is 5.64. The minimum Gasteiger partial charge on any atom is -0.329 e. The molecule has 1 aromatic rings. The highest BCUT2D eigenvalue weighted by Gasteiger charge is 2.32. The standard InChI is InChI=1S/C11H18BrN3O2S/c1-8(2)11(3,7-13)15-18(16,17)10-4-9(12)5-14-6-10/h4-6,8,15H,7,13H2,1-3H3. The van der Waals surface area contributed by atoms with Crippen LogP contribution in [0.25, 0.3) is 0 Å². The van der Waals surface area contributed by atoms with Crippen LogP contribution in [0.1, 0.15) is 20.8 Å². The van der Waals surface area contributed by atoms with Crippen LogP contribution in [-0.4, -0.2) is 25.5 Å². The summed E-state index contributed by atoms with van der Waals surface area (Å²) < 4.78 is 27.7. The molecule has 7 heteroatoms. The van der Waals surface area contributed by atoms with Crippen molar-refractivity contribution in [2.24, 2.45) is 11.7 Å². The van der Waals surface area contributed by atoms with Crippen LogP contribution >= 0.6 is 15.9 Å². The number of hydrogen-bond acceptors (Lipinski definition) is 4. The molecule has 0 aliphatic heterocycles. The van der Waals surface area contributed by atoms with E-state index in [1.807, 2.05) is 13.8 Å². The molecule has 5 nitrogen and oxygen atoms in total. The number of rotatable bonds is 5. The topological polar surface area (TPSA) is 85.1 Å². The van der Waals surface area contributed by atoms with E-state index in [1.54, 1.807) is 6.92 Å². The summed E-state index contributed by atoms with van der Waals surface area (Å²) in [5, 5.41) is 0. The summed E-state index contributed by atoms with van der Waals surface area (Å²) in [6.45, 7) is 5.87. The summed E-state index contributed by atoms with van der Waals surface area (Å²) in [5.74, 6) is 0.0809. The lowest BCUT2D eigenvalue weighted by Gasteiger charge is -2.33. The number of nitrogens with one attached hydrogen (secondary N) is 1. The molecule has 1 rings (SSSR count). The molecular weight excluding hydrogens is 318 g/mol. The molecule has 0 saturated carbocycles. The van der Waals surface area contributed by atoms with E-state index in [0.29, 0.717) is 4.47 Å². The van der Waals surface area contributed by atoms with Crippen LogP contribution in [0.4, 0.5) is 0 Å².